The van der Waals surface area contributed by atoms with Crippen molar-refractivity contribution in [3.8, 4) is 0 Å². The number of aromatic nitrogens is 2. The first-order valence-electron chi connectivity index (χ1n) is 6.69. The summed E-state index contributed by atoms with van der Waals surface area (Å²) in [6.07, 6.45) is 0.953. The van der Waals surface area contributed by atoms with Gasteiger partial charge in [0.05, 0.1) is 5.69 Å². The molecule has 2 heterocycles. The molecule has 5 nitrogen and oxygen atoms in total. The van der Waals surface area contributed by atoms with Crippen LogP contribution in [0.15, 0.2) is 0 Å². The molecule has 0 unspecified atom stereocenters. The van der Waals surface area contributed by atoms with Gasteiger partial charge in [0.25, 0.3) is 0 Å². The molecule has 1 aromatic heterocycles. The smallest absolute Gasteiger partial charge is 0.239 e. The Morgan fingerprint density at radius 1 is 1.56 bits per heavy atom. The number of nitrogens with one attached hydrogen (secondary N) is 2. The highest BCUT2D eigenvalue weighted by atomic mass is 16.1. The number of fused-ring (bicyclic) bond motifs is 1. The maximum atomic E-state index is 11.8. The Bertz CT molecular complexity index is 436. The maximum absolute atomic E-state index is 11.8. The average molecular weight is 250 g/mol. The van der Waals surface area contributed by atoms with E-state index in [4.69, 9.17) is 0 Å². The third-order valence-electron chi connectivity index (χ3n) is 3.21. The van der Waals surface area contributed by atoms with Crippen molar-refractivity contribution in [3.05, 3.63) is 17.2 Å². The fourth-order valence-electron chi connectivity index (χ4n) is 2.41. The van der Waals surface area contributed by atoms with E-state index >= 15 is 0 Å². The molecule has 1 aromatic rings. The van der Waals surface area contributed by atoms with Crippen LogP contribution in [-0.4, -0.2) is 28.5 Å². The maximum Gasteiger partial charge on any atom is 0.239 e. The van der Waals surface area contributed by atoms with Gasteiger partial charge in [-0.05, 0) is 6.92 Å². The van der Waals surface area contributed by atoms with E-state index in [1.165, 1.54) is 5.69 Å². The monoisotopic (exact) mass is 250 g/mol. The lowest BCUT2D eigenvalue weighted by Gasteiger charge is -2.16. The minimum absolute atomic E-state index is 0.0677. The molecule has 0 radical (unpaired) electrons. The molecule has 0 spiro atoms. The van der Waals surface area contributed by atoms with Gasteiger partial charge in [-0.1, -0.05) is 13.8 Å². The number of hydrogen-bond acceptors (Lipinski definition) is 3. The van der Waals surface area contributed by atoms with Crippen molar-refractivity contribution in [1.82, 2.24) is 20.2 Å². The van der Waals surface area contributed by atoms with Crippen LogP contribution in [0.5, 0.6) is 0 Å². The second kappa shape index (κ2) is 5.52. The highest BCUT2D eigenvalue weighted by Crippen LogP contribution is 2.21. The van der Waals surface area contributed by atoms with Crippen molar-refractivity contribution < 1.29 is 4.79 Å². The molecule has 0 fully saturated rings. The second-order valence-corrected chi connectivity index (χ2v) is 4.98. The van der Waals surface area contributed by atoms with Gasteiger partial charge < -0.3 is 15.2 Å². The average Bonchev–Trinajstić information content (AvgIpc) is 2.69. The van der Waals surface area contributed by atoms with E-state index in [2.05, 4.69) is 34.0 Å². The Morgan fingerprint density at radius 3 is 3.00 bits per heavy atom. The molecule has 2 N–H and O–H groups in total. The van der Waals surface area contributed by atoms with Gasteiger partial charge in [0.1, 0.15) is 12.4 Å². The van der Waals surface area contributed by atoms with Crippen molar-refractivity contribution >= 4 is 5.91 Å². The largest absolute Gasteiger partial charge is 0.355 e. The zero-order valence-corrected chi connectivity index (χ0v) is 11.4. The van der Waals surface area contributed by atoms with Crippen LogP contribution in [-0.2, 0) is 24.3 Å². The third-order valence-corrected chi connectivity index (χ3v) is 3.21. The van der Waals surface area contributed by atoms with Crippen molar-refractivity contribution in [2.24, 2.45) is 0 Å². The van der Waals surface area contributed by atoms with Gasteiger partial charge in [-0.25, -0.2) is 4.98 Å². The van der Waals surface area contributed by atoms with Crippen molar-refractivity contribution in [1.29, 1.82) is 0 Å². The zero-order valence-electron chi connectivity index (χ0n) is 11.4. The summed E-state index contributed by atoms with van der Waals surface area (Å²) < 4.78 is 2.10. The summed E-state index contributed by atoms with van der Waals surface area (Å²) in [7, 11) is 0. The van der Waals surface area contributed by atoms with E-state index in [1.807, 2.05) is 6.92 Å². The molecule has 0 saturated carbocycles. The number of nitrogens with zero attached hydrogens (tertiary/aromatic N) is 2. The van der Waals surface area contributed by atoms with Crippen molar-refractivity contribution in [2.75, 3.05) is 13.1 Å². The molecule has 1 aliphatic heterocycles. The Labute approximate surface area is 108 Å². The van der Waals surface area contributed by atoms with Gasteiger partial charge in [-0.15, -0.1) is 0 Å². The van der Waals surface area contributed by atoms with Crippen LogP contribution in [0.1, 0.15) is 43.9 Å². The molecule has 0 aromatic carbocycles. The van der Waals surface area contributed by atoms with E-state index in [-0.39, 0.29) is 5.91 Å². The molecular formula is C13H22N4O. The number of hydrogen-bond donors (Lipinski definition) is 2. The molecule has 1 aliphatic rings. The fourth-order valence-corrected chi connectivity index (χ4v) is 2.41. The lowest BCUT2D eigenvalue weighted by Crippen LogP contribution is -2.30. The van der Waals surface area contributed by atoms with Gasteiger partial charge >= 0.3 is 0 Å². The van der Waals surface area contributed by atoms with E-state index in [1.54, 1.807) is 0 Å². The normalized spacial score (nSPS) is 14.7. The number of carbonyl (C=O) groups excluding carboxylic acids is 1. The molecule has 0 atom stereocenters. The van der Waals surface area contributed by atoms with Gasteiger partial charge in [0.2, 0.25) is 5.91 Å². The fraction of sp³-hybridized carbons (Fsp3) is 0.692. The van der Waals surface area contributed by atoms with Crippen LogP contribution in [0.25, 0.3) is 0 Å². The van der Waals surface area contributed by atoms with Crippen LogP contribution < -0.4 is 10.6 Å². The van der Waals surface area contributed by atoms with E-state index in [0.717, 1.165) is 31.0 Å². The minimum Gasteiger partial charge on any atom is -0.355 e. The highest BCUT2D eigenvalue weighted by Gasteiger charge is 2.22. The lowest BCUT2D eigenvalue weighted by atomic mass is 10.2. The Hall–Kier alpha value is -1.36. The number of carbonyl (C=O) groups is 1. The van der Waals surface area contributed by atoms with Gasteiger partial charge in [0.15, 0.2) is 0 Å². The number of rotatable bonds is 4. The summed E-state index contributed by atoms with van der Waals surface area (Å²) in [6, 6.07) is 0. The quantitative estimate of drug-likeness (QED) is 0.830. The predicted molar refractivity (Wildman–Crippen MR) is 70.4 cm³/mol. The minimum atomic E-state index is 0.0677. The second-order valence-electron chi connectivity index (χ2n) is 4.98. The third kappa shape index (κ3) is 2.56. The molecule has 1 amide bonds. The first-order valence-corrected chi connectivity index (χ1v) is 6.69. The lowest BCUT2D eigenvalue weighted by molar-refractivity contribution is -0.121. The van der Waals surface area contributed by atoms with E-state index in [9.17, 15) is 4.79 Å². The van der Waals surface area contributed by atoms with Gasteiger partial charge in [0, 0.05) is 37.7 Å². The molecular weight excluding hydrogens is 228 g/mol. The van der Waals surface area contributed by atoms with E-state index < -0.39 is 0 Å². The molecule has 0 bridgehead atoms. The molecule has 2 rings (SSSR count). The Morgan fingerprint density at radius 2 is 2.33 bits per heavy atom. The number of imidazole rings is 1. The van der Waals surface area contributed by atoms with Crippen molar-refractivity contribution in [3.63, 3.8) is 0 Å². The van der Waals surface area contributed by atoms with Crippen LogP contribution in [0.3, 0.4) is 0 Å². The predicted octanol–water partition coefficient (Wildman–Crippen LogP) is 0.788. The van der Waals surface area contributed by atoms with E-state index in [0.29, 0.717) is 19.0 Å². The summed E-state index contributed by atoms with van der Waals surface area (Å²) in [5.74, 6) is 1.43. The molecule has 0 aliphatic carbocycles. The summed E-state index contributed by atoms with van der Waals surface area (Å²) in [4.78, 5) is 16.5. The summed E-state index contributed by atoms with van der Waals surface area (Å²) in [6.45, 7) is 9.03. The summed E-state index contributed by atoms with van der Waals surface area (Å²) in [5, 5.41) is 6.18. The van der Waals surface area contributed by atoms with Gasteiger partial charge in [-0.2, -0.15) is 0 Å². The molecule has 100 valence electrons. The van der Waals surface area contributed by atoms with Gasteiger partial charge in [-0.3, -0.25) is 4.79 Å². The molecule has 18 heavy (non-hydrogen) atoms. The van der Waals surface area contributed by atoms with Crippen LogP contribution >= 0.6 is 0 Å². The molecule has 0 saturated heterocycles. The number of amides is 1. The standard InChI is InChI=1S/C13H22N4O/c1-4-15-12(18)8-17-11-5-6-14-7-10(11)16-13(17)9(2)3/h9,14H,4-8H2,1-3H3,(H,15,18). The summed E-state index contributed by atoms with van der Waals surface area (Å²) >= 11 is 0. The topological polar surface area (TPSA) is 59.0 Å². The first kappa shape index (κ1) is 13.1. The molecule has 5 heteroatoms. The SMILES string of the molecule is CCNC(=O)Cn1c(C(C)C)nc2c1CCNC2. The van der Waals surface area contributed by atoms with Crippen LogP contribution in [0, 0.1) is 0 Å². The Balaban J connectivity index is 2.30. The van der Waals surface area contributed by atoms with Crippen LogP contribution in [0.4, 0.5) is 0 Å². The first-order chi connectivity index (χ1) is 8.63. The summed E-state index contributed by atoms with van der Waals surface area (Å²) in [5.41, 5.74) is 2.33. The zero-order chi connectivity index (χ0) is 13.1. The van der Waals surface area contributed by atoms with Crippen LogP contribution in [0.2, 0.25) is 0 Å². The highest BCUT2D eigenvalue weighted by molar-refractivity contribution is 5.75. The Kier molecular flexibility index (Phi) is 4.01. The van der Waals surface area contributed by atoms with Crippen molar-refractivity contribution in [2.45, 2.75) is 46.2 Å². The number of likely N-dealkylation sites (N-methyl/N-ethyl adjacent to an activating group) is 1.